The van der Waals surface area contributed by atoms with Gasteiger partial charge >= 0.3 is 0 Å². The zero-order valence-electron chi connectivity index (χ0n) is 12.0. The Kier molecular flexibility index (Phi) is 4.57. The fraction of sp³-hybridized carbons (Fsp3) is 0.467. The summed E-state index contributed by atoms with van der Waals surface area (Å²) in [6.07, 6.45) is 0.614. The summed E-state index contributed by atoms with van der Waals surface area (Å²) in [6, 6.07) is 3.16. The largest absolute Gasteiger partial charge is 0.391 e. The van der Waals surface area contributed by atoms with Gasteiger partial charge in [-0.05, 0) is 50.5 Å². The number of aliphatic hydroxyl groups is 1. The van der Waals surface area contributed by atoms with Crippen molar-refractivity contribution in [2.24, 2.45) is 5.92 Å². The number of aryl methyl sites for hydroxylation is 1. The second-order valence-corrected chi connectivity index (χ2v) is 5.45. The molecule has 1 aliphatic rings. The Hall–Kier alpha value is -1.95. The predicted molar refractivity (Wildman–Crippen MR) is 76.1 cm³/mol. The van der Waals surface area contributed by atoms with Crippen molar-refractivity contribution in [1.82, 2.24) is 5.32 Å². The lowest BCUT2D eigenvalue weighted by atomic mass is 10.1. The van der Waals surface area contributed by atoms with Crippen molar-refractivity contribution >= 4 is 17.5 Å². The highest BCUT2D eigenvalue weighted by Crippen LogP contribution is 2.29. The predicted octanol–water partition coefficient (Wildman–Crippen LogP) is 1.35. The summed E-state index contributed by atoms with van der Waals surface area (Å²) < 4.78 is 13.2. The van der Waals surface area contributed by atoms with E-state index in [1.54, 1.807) is 6.92 Å². The Labute approximate surface area is 122 Å². The van der Waals surface area contributed by atoms with Crippen LogP contribution >= 0.6 is 0 Å². The number of amides is 2. The number of benzene rings is 1. The maximum Gasteiger partial charge on any atom is 0.249 e. The Morgan fingerprint density at radius 1 is 1.38 bits per heavy atom. The number of hydrogen-bond acceptors (Lipinski definition) is 3. The monoisotopic (exact) mass is 294 g/mol. The second-order valence-electron chi connectivity index (χ2n) is 5.45. The molecule has 2 amide bonds. The summed E-state index contributed by atoms with van der Waals surface area (Å²) in [6.45, 7) is 3.03. The van der Waals surface area contributed by atoms with Crippen LogP contribution in [0.25, 0.3) is 0 Å². The molecule has 2 rings (SSSR count). The number of anilines is 1. The molecule has 1 fully saturated rings. The Morgan fingerprint density at radius 3 is 2.57 bits per heavy atom. The highest BCUT2D eigenvalue weighted by Gasteiger charge is 2.34. The summed E-state index contributed by atoms with van der Waals surface area (Å²) in [7, 11) is 0. The summed E-state index contributed by atoms with van der Waals surface area (Å²) in [5.41, 5.74) is 0.827. The van der Waals surface area contributed by atoms with Crippen molar-refractivity contribution in [2.75, 3.05) is 5.32 Å². The smallest absolute Gasteiger partial charge is 0.249 e. The first-order valence-electron chi connectivity index (χ1n) is 6.94. The molecular formula is C15H19FN2O3. The molecule has 0 aromatic heterocycles. The number of halogens is 1. The molecule has 2 unspecified atom stereocenters. The lowest BCUT2D eigenvalue weighted by molar-refractivity contribution is -0.129. The summed E-state index contributed by atoms with van der Waals surface area (Å²) in [5, 5.41) is 14.8. The highest BCUT2D eigenvalue weighted by atomic mass is 19.1. The van der Waals surface area contributed by atoms with E-state index in [0.29, 0.717) is 11.3 Å². The van der Waals surface area contributed by atoms with Gasteiger partial charge in [0.25, 0.3) is 0 Å². The number of carbonyl (C=O) groups excluding carboxylic acids is 2. The molecule has 1 aromatic rings. The van der Waals surface area contributed by atoms with Crippen molar-refractivity contribution in [3.63, 3.8) is 0 Å². The van der Waals surface area contributed by atoms with Crippen molar-refractivity contribution < 1.29 is 19.1 Å². The third-order valence-corrected chi connectivity index (χ3v) is 3.44. The Morgan fingerprint density at radius 2 is 2.05 bits per heavy atom. The van der Waals surface area contributed by atoms with Crippen molar-refractivity contribution in [2.45, 2.75) is 38.8 Å². The first-order chi connectivity index (χ1) is 9.88. The molecule has 5 nitrogen and oxygen atoms in total. The molecule has 0 bridgehead atoms. The number of hydrogen-bond donors (Lipinski definition) is 3. The quantitative estimate of drug-likeness (QED) is 0.767. The van der Waals surface area contributed by atoms with E-state index in [1.807, 2.05) is 0 Å². The Balaban J connectivity index is 2.03. The minimum Gasteiger partial charge on any atom is -0.391 e. The maximum atomic E-state index is 13.2. The molecule has 114 valence electrons. The van der Waals surface area contributed by atoms with E-state index in [0.717, 1.165) is 12.8 Å². The van der Waals surface area contributed by atoms with Gasteiger partial charge in [0.05, 0.1) is 6.10 Å². The van der Waals surface area contributed by atoms with Crippen LogP contribution in [0, 0.1) is 18.7 Å². The van der Waals surface area contributed by atoms with Crippen LogP contribution in [0.15, 0.2) is 18.2 Å². The van der Waals surface area contributed by atoms with Gasteiger partial charge in [0, 0.05) is 11.6 Å². The lowest BCUT2D eigenvalue weighted by Crippen LogP contribution is -2.50. The van der Waals surface area contributed by atoms with Crippen LogP contribution in [0.3, 0.4) is 0 Å². The van der Waals surface area contributed by atoms with Crippen LogP contribution < -0.4 is 10.6 Å². The van der Waals surface area contributed by atoms with Crippen LogP contribution in [-0.2, 0) is 9.59 Å². The highest BCUT2D eigenvalue weighted by molar-refractivity contribution is 5.98. The zero-order chi connectivity index (χ0) is 15.6. The average Bonchev–Trinajstić information content (AvgIpc) is 3.23. The minimum absolute atomic E-state index is 0.0490. The van der Waals surface area contributed by atoms with Crippen molar-refractivity contribution in [1.29, 1.82) is 0 Å². The number of carbonyl (C=O) groups is 2. The van der Waals surface area contributed by atoms with Gasteiger partial charge in [-0.2, -0.15) is 0 Å². The van der Waals surface area contributed by atoms with Gasteiger partial charge in [0.2, 0.25) is 11.8 Å². The maximum absolute atomic E-state index is 13.2. The van der Waals surface area contributed by atoms with Gasteiger partial charge in [-0.1, -0.05) is 0 Å². The lowest BCUT2D eigenvalue weighted by Gasteiger charge is -2.21. The Bertz CT molecular complexity index is 556. The molecule has 21 heavy (non-hydrogen) atoms. The van der Waals surface area contributed by atoms with Gasteiger partial charge in [-0.25, -0.2) is 4.39 Å². The third kappa shape index (κ3) is 4.01. The van der Waals surface area contributed by atoms with E-state index in [-0.39, 0.29) is 17.6 Å². The minimum atomic E-state index is -1.02. The second kappa shape index (κ2) is 6.22. The summed E-state index contributed by atoms with van der Waals surface area (Å²) >= 11 is 0. The molecule has 3 N–H and O–H groups in total. The van der Waals surface area contributed by atoms with Crippen molar-refractivity contribution in [3.05, 3.63) is 29.6 Å². The van der Waals surface area contributed by atoms with E-state index in [9.17, 15) is 19.1 Å². The molecule has 2 atom stereocenters. The molecule has 0 saturated heterocycles. The number of rotatable bonds is 5. The van der Waals surface area contributed by atoms with Crippen molar-refractivity contribution in [3.8, 4) is 0 Å². The van der Waals surface area contributed by atoms with Gasteiger partial charge in [-0.15, -0.1) is 0 Å². The van der Waals surface area contributed by atoms with E-state index in [1.165, 1.54) is 25.1 Å². The first-order valence-corrected chi connectivity index (χ1v) is 6.94. The van der Waals surface area contributed by atoms with E-state index in [2.05, 4.69) is 10.6 Å². The average molecular weight is 294 g/mol. The molecule has 0 aliphatic heterocycles. The van der Waals surface area contributed by atoms with Crippen LogP contribution in [0.4, 0.5) is 10.1 Å². The fourth-order valence-electron chi connectivity index (χ4n) is 1.96. The normalized spacial score (nSPS) is 17.0. The van der Waals surface area contributed by atoms with Crippen LogP contribution in [-0.4, -0.2) is 29.1 Å². The molecule has 1 aliphatic carbocycles. The molecule has 6 heteroatoms. The van der Waals surface area contributed by atoms with Gasteiger partial charge in [0.1, 0.15) is 11.9 Å². The fourth-order valence-corrected chi connectivity index (χ4v) is 1.96. The summed E-state index contributed by atoms with van der Waals surface area (Å²) in [4.78, 5) is 23.9. The van der Waals surface area contributed by atoms with E-state index < -0.39 is 18.1 Å². The number of nitrogens with one attached hydrogen (secondary N) is 2. The molecule has 0 radical (unpaired) electrons. The first kappa shape index (κ1) is 15.4. The van der Waals surface area contributed by atoms with E-state index >= 15 is 0 Å². The molecule has 1 aromatic carbocycles. The third-order valence-electron chi connectivity index (χ3n) is 3.44. The van der Waals surface area contributed by atoms with Crippen LogP contribution in [0.5, 0.6) is 0 Å². The molecule has 0 heterocycles. The van der Waals surface area contributed by atoms with Crippen LogP contribution in [0.2, 0.25) is 0 Å². The van der Waals surface area contributed by atoms with E-state index in [4.69, 9.17) is 0 Å². The number of aliphatic hydroxyl groups excluding tert-OH is 1. The van der Waals surface area contributed by atoms with Gasteiger partial charge < -0.3 is 15.7 Å². The zero-order valence-corrected chi connectivity index (χ0v) is 12.0. The topological polar surface area (TPSA) is 78.4 Å². The standard InChI is InChI=1S/C15H19FN2O3/c1-8-7-11(5-6-12(8)16)17-15(21)13(9(2)19)18-14(20)10-3-4-10/h5-7,9-10,13,19H,3-4H2,1-2H3,(H,17,21)(H,18,20). The van der Waals surface area contributed by atoms with Gasteiger partial charge in [0.15, 0.2) is 0 Å². The molecule has 0 spiro atoms. The summed E-state index contributed by atoms with van der Waals surface area (Å²) in [5.74, 6) is -1.15. The molecular weight excluding hydrogens is 275 g/mol. The SMILES string of the molecule is Cc1cc(NC(=O)C(NC(=O)C2CC2)C(C)O)ccc1F. The molecule has 1 saturated carbocycles. The van der Waals surface area contributed by atoms with Crippen LogP contribution in [0.1, 0.15) is 25.3 Å². The van der Waals surface area contributed by atoms with Gasteiger partial charge in [-0.3, -0.25) is 9.59 Å².